The zero-order chi connectivity index (χ0) is 29.4. The summed E-state index contributed by atoms with van der Waals surface area (Å²) in [4.78, 5) is 22.4. The van der Waals surface area contributed by atoms with E-state index in [9.17, 15) is 13.2 Å². The molecule has 2 aliphatic heterocycles. The van der Waals surface area contributed by atoms with E-state index >= 15 is 0 Å². The molecule has 0 radical (unpaired) electrons. The van der Waals surface area contributed by atoms with Crippen LogP contribution in [0.15, 0.2) is 83.8 Å². The van der Waals surface area contributed by atoms with E-state index in [4.69, 9.17) is 4.98 Å². The highest BCUT2D eigenvalue weighted by Gasteiger charge is 2.29. The maximum Gasteiger partial charge on any atom is 0.256 e. The Balaban J connectivity index is 0.00000343. The number of nitrogens with zero attached hydrogens (tertiary/aromatic N) is 3. The minimum Gasteiger partial charge on any atom is -0.313 e. The van der Waals surface area contributed by atoms with Gasteiger partial charge in [-0.1, -0.05) is 48.9 Å². The molecule has 11 heteroatoms. The van der Waals surface area contributed by atoms with Gasteiger partial charge in [-0.05, 0) is 66.8 Å². The van der Waals surface area contributed by atoms with Gasteiger partial charge in [0.25, 0.3) is 5.91 Å². The number of amides is 1. The lowest BCUT2D eigenvalue weighted by Crippen LogP contribution is -2.35. The standard InChI is InChI=1S/C33H32N4O3S3.ClH/c38-31(24-13-15-25(16-14-24)43(39,40)37-18-7-2-8-19-37)35-33-30(32-34-27-11-5-6-12-28(27)41-32)26-17-20-36(22-29(26)42-33)21-23-9-3-1-4-10-23;/h1,3-6,9-16H,2,7-8,17-22H2,(H,35,38);1H. The maximum atomic E-state index is 13.6. The van der Waals surface area contributed by atoms with Crippen molar-refractivity contribution in [3.05, 3.63) is 100 Å². The summed E-state index contributed by atoms with van der Waals surface area (Å²) in [6, 6.07) is 24.9. The third-order valence-electron chi connectivity index (χ3n) is 8.19. The second-order valence-electron chi connectivity index (χ2n) is 11.1. The SMILES string of the molecule is Cl.O=C(Nc1sc2c(c1-c1nc3ccccc3s1)CCN(Cc1ccccc1)C2)c1ccc(S(=O)(=O)N2CCCCC2)cc1. The molecular formula is C33H33ClN4O3S3. The largest absolute Gasteiger partial charge is 0.313 e. The van der Waals surface area contributed by atoms with Crippen molar-refractivity contribution < 1.29 is 13.2 Å². The van der Waals surface area contributed by atoms with Gasteiger partial charge in [-0.2, -0.15) is 4.31 Å². The number of aromatic nitrogens is 1. The third-order valence-corrected chi connectivity index (χ3v) is 12.3. The van der Waals surface area contributed by atoms with Crippen LogP contribution in [0.4, 0.5) is 5.00 Å². The first kappa shape index (κ1) is 30.9. The number of fused-ring (bicyclic) bond motifs is 2. The number of thiazole rings is 1. The molecule has 0 saturated carbocycles. The Morgan fingerprint density at radius 1 is 0.864 bits per heavy atom. The van der Waals surface area contributed by atoms with Gasteiger partial charge >= 0.3 is 0 Å². The molecule has 7 nitrogen and oxygen atoms in total. The molecule has 7 rings (SSSR count). The van der Waals surface area contributed by atoms with Crippen molar-refractivity contribution in [2.45, 2.75) is 43.7 Å². The van der Waals surface area contributed by atoms with Crippen LogP contribution >= 0.6 is 35.1 Å². The van der Waals surface area contributed by atoms with E-state index in [1.54, 1.807) is 51.2 Å². The molecule has 4 heterocycles. The fourth-order valence-electron chi connectivity index (χ4n) is 5.93. The molecular weight excluding hydrogens is 632 g/mol. The predicted molar refractivity (Wildman–Crippen MR) is 181 cm³/mol. The van der Waals surface area contributed by atoms with Crippen LogP contribution in [0.1, 0.15) is 45.6 Å². The Kier molecular flexibility index (Phi) is 9.18. The number of para-hydroxylation sites is 1. The van der Waals surface area contributed by atoms with E-state index < -0.39 is 10.0 Å². The van der Waals surface area contributed by atoms with Gasteiger partial charge in [0.1, 0.15) is 10.0 Å². The van der Waals surface area contributed by atoms with Crippen molar-refractivity contribution in [1.82, 2.24) is 14.2 Å². The average molecular weight is 665 g/mol. The second kappa shape index (κ2) is 13.1. The van der Waals surface area contributed by atoms with Crippen molar-refractivity contribution in [1.29, 1.82) is 0 Å². The summed E-state index contributed by atoms with van der Waals surface area (Å²) in [7, 11) is -3.56. The third kappa shape index (κ3) is 6.20. The van der Waals surface area contributed by atoms with Crippen molar-refractivity contribution in [3.63, 3.8) is 0 Å². The molecule has 1 amide bonds. The summed E-state index contributed by atoms with van der Waals surface area (Å²) < 4.78 is 28.9. The Labute approximate surface area is 272 Å². The van der Waals surface area contributed by atoms with Gasteiger partial charge in [0, 0.05) is 48.7 Å². The Morgan fingerprint density at radius 3 is 2.34 bits per heavy atom. The molecule has 1 fully saturated rings. The summed E-state index contributed by atoms with van der Waals surface area (Å²) in [5.41, 5.74) is 4.93. The van der Waals surface area contributed by atoms with Gasteiger partial charge in [-0.25, -0.2) is 13.4 Å². The number of sulfonamides is 1. The normalized spacial score (nSPS) is 15.9. The number of hydrogen-bond donors (Lipinski definition) is 1. The summed E-state index contributed by atoms with van der Waals surface area (Å²) in [6.45, 7) is 3.71. The summed E-state index contributed by atoms with van der Waals surface area (Å²) in [5, 5.41) is 4.88. The van der Waals surface area contributed by atoms with E-state index in [0.717, 1.165) is 71.1 Å². The summed E-state index contributed by atoms with van der Waals surface area (Å²) in [6.07, 6.45) is 3.70. The zero-order valence-electron chi connectivity index (χ0n) is 24.1. The maximum absolute atomic E-state index is 13.6. The van der Waals surface area contributed by atoms with Crippen LogP contribution in [0, 0.1) is 0 Å². The average Bonchev–Trinajstić information content (AvgIpc) is 3.62. The topological polar surface area (TPSA) is 82.6 Å². The minimum atomic E-state index is -3.56. The van der Waals surface area contributed by atoms with Crippen molar-refractivity contribution in [2.75, 3.05) is 25.0 Å². The lowest BCUT2D eigenvalue weighted by Gasteiger charge is -2.27. The first-order valence-corrected chi connectivity index (χ1v) is 17.7. The highest BCUT2D eigenvalue weighted by atomic mass is 35.5. The number of hydrogen-bond acceptors (Lipinski definition) is 7. The number of piperidine rings is 1. The van der Waals surface area contributed by atoms with Crippen LogP contribution in [0.25, 0.3) is 20.8 Å². The van der Waals surface area contributed by atoms with E-state index in [1.165, 1.54) is 16.0 Å². The minimum absolute atomic E-state index is 0. The lowest BCUT2D eigenvalue weighted by atomic mass is 10.0. The smallest absolute Gasteiger partial charge is 0.256 e. The fourth-order valence-corrected chi connectivity index (χ4v) is 9.85. The van der Waals surface area contributed by atoms with Gasteiger partial charge in [-0.3, -0.25) is 9.69 Å². The summed E-state index contributed by atoms with van der Waals surface area (Å²) >= 11 is 3.27. The molecule has 2 aliphatic rings. The molecule has 1 saturated heterocycles. The van der Waals surface area contributed by atoms with Crippen LogP contribution < -0.4 is 5.32 Å². The van der Waals surface area contributed by atoms with Gasteiger partial charge in [0.05, 0.1) is 15.1 Å². The predicted octanol–water partition coefficient (Wildman–Crippen LogP) is 7.43. The Morgan fingerprint density at radius 2 is 1.59 bits per heavy atom. The van der Waals surface area contributed by atoms with Crippen LogP contribution in [-0.2, 0) is 29.5 Å². The number of nitrogens with one attached hydrogen (secondary N) is 1. The molecule has 5 aromatic rings. The lowest BCUT2D eigenvalue weighted by molar-refractivity contribution is 0.102. The Bertz CT molecular complexity index is 1850. The summed E-state index contributed by atoms with van der Waals surface area (Å²) in [5.74, 6) is -0.260. The molecule has 1 N–H and O–H groups in total. The fraction of sp³-hybridized carbons (Fsp3) is 0.273. The number of rotatable bonds is 7. The monoisotopic (exact) mass is 664 g/mol. The first-order chi connectivity index (χ1) is 21.0. The van der Waals surface area contributed by atoms with Gasteiger partial charge < -0.3 is 5.32 Å². The van der Waals surface area contributed by atoms with Gasteiger partial charge in [0.2, 0.25) is 10.0 Å². The molecule has 0 bridgehead atoms. The molecule has 228 valence electrons. The highest BCUT2D eigenvalue weighted by Crippen LogP contribution is 2.46. The second-order valence-corrected chi connectivity index (χ2v) is 15.2. The molecule has 3 aromatic carbocycles. The molecule has 44 heavy (non-hydrogen) atoms. The Hall–Kier alpha value is -3.12. The zero-order valence-corrected chi connectivity index (χ0v) is 27.3. The van der Waals surface area contributed by atoms with Gasteiger partial charge in [0.15, 0.2) is 0 Å². The van der Waals surface area contributed by atoms with Crippen LogP contribution in [-0.4, -0.2) is 48.1 Å². The molecule has 0 aliphatic carbocycles. The number of carbonyl (C=O) groups excluding carboxylic acids is 1. The van der Waals surface area contributed by atoms with Gasteiger partial charge in [-0.15, -0.1) is 35.1 Å². The number of benzene rings is 3. The van der Waals surface area contributed by atoms with Crippen molar-refractivity contribution in [2.24, 2.45) is 0 Å². The van der Waals surface area contributed by atoms with Crippen molar-refractivity contribution in [3.8, 4) is 10.6 Å². The van der Waals surface area contributed by atoms with E-state index in [1.807, 2.05) is 24.3 Å². The quantitative estimate of drug-likeness (QED) is 0.196. The van der Waals surface area contributed by atoms with E-state index in [0.29, 0.717) is 18.7 Å². The van der Waals surface area contributed by atoms with E-state index in [-0.39, 0.29) is 23.2 Å². The highest BCUT2D eigenvalue weighted by molar-refractivity contribution is 7.89. The van der Waals surface area contributed by atoms with Crippen LogP contribution in [0.3, 0.4) is 0 Å². The van der Waals surface area contributed by atoms with Crippen LogP contribution in [0.5, 0.6) is 0 Å². The number of carbonyl (C=O) groups is 1. The molecule has 2 aromatic heterocycles. The van der Waals surface area contributed by atoms with E-state index in [2.05, 4.69) is 40.5 Å². The van der Waals surface area contributed by atoms with Crippen LogP contribution in [0.2, 0.25) is 0 Å². The number of anilines is 1. The molecule has 0 spiro atoms. The first-order valence-electron chi connectivity index (χ1n) is 14.6. The number of thiophene rings is 1. The molecule has 0 atom stereocenters. The van der Waals surface area contributed by atoms with Crippen molar-refractivity contribution >= 4 is 66.2 Å². The number of halogens is 1. The molecule has 0 unspecified atom stereocenters.